The maximum atomic E-state index is 5.47. The summed E-state index contributed by atoms with van der Waals surface area (Å²) in [5, 5.41) is 0. The van der Waals surface area contributed by atoms with Crippen LogP contribution in [0, 0.1) is 0 Å². The van der Waals surface area contributed by atoms with Crippen molar-refractivity contribution in [3.8, 4) is 0 Å². The fourth-order valence-corrected chi connectivity index (χ4v) is 1.61. The normalized spacial score (nSPS) is 10.5. The third-order valence-electron chi connectivity index (χ3n) is 1.82. The summed E-state index contributed by atoms with van der Waals surface area (Å²) in [6.45, 7) is 2.55. The third-order valence-corrected chi connectivity index (χ3v) is 2.78. The predicted molar refractivity (Wildman–Crippen MR) is 68.5 cm³/mol. The zero-order valence-electron chi connectivity index (χ0n) is 8.49. The maximum absolute atomic E-state index is 5.47. The van der Waals surface area contributed by atoms with Gasteiger partial charge in [-0.3, -0.25) is 0 Å². The lowest BCUT2D eigenvalue weighted by atomic mass is 10.2. The summed E-state index contributed by atoms with van der Waals surface area (Å²) in [6.07, 6.45) is 0. The molecule has 1 aromatic rings. The molecule has 0 amide bonds. The van der Waals surface area contributed by atoms with E-state index in [1.807, 2.05) is 24.3 Å². The maximum Gasteiger partial charge on any atom is 0.0728 e. The van der Waals surface area contributed by atoms with E-state index in [2.05, 4.69) is 28.6 Å². The summed E-state index contributed by atoms with van der Waals surface area (Å²) < 4.78 is 11.8. The summed E-state index contributed by atoms with van der Waals surface area (Å²) in [4.78, 5) is 0. The van der Waals surface area contributed by atoms with Crippen molar-refractivity contribution in [2.45, 2.75) is 6.61 Å². The lowest BCUT2D eigenvalue weighted by Gasteiger charge is -2.06. The Morgan fingerprint density at radius 2 is 1.80 bits per heavy atom. The molecule has 0 aliphatic heterocycles. The van der Waals surface area contributed by atoms with Gasteiger partial charge in [0.1, 0.15) is 0 Å². The van der Waals surface area contributed by atoms with Crippen molar-refractivity contribution >= 4 is 28.6 Å². The van der Waals surface area contributed by atoms with Crippen molar-refractivity contribution in [1.29, 1.82) is 0 Å². The van der Waals surface area contributed by atoms with Gasteiger partial charge in [0.15, 0.2) is 0 Å². The van der Waals surface area contributed by atoms with E-state index >= 15 is 0 Å². The third kappa shape index (κ3) is 5.56. The van der Waals surface area contributed by atoms with E-state index in [-0.39, 0.29) is 0 Å². The minimum Gasteiger partial charge on any atom is -0.378 e. The van der Waals surface area contributed by atoms with Crippen molar-refractivity contribution in [1.82, 2.24) is 0 Å². The second kappa shape index (κ2) is 8.16. The molecule has 0 spiro atoms. The quantitative estimate of drug-likeness (QED) is 0.615. The molecule has 0 N–H and O–H groups in total. The van der Waals surface area contributed by atoms with Crippen LogP contribution in [0.15, 0.2) is 28.7 Å². The summed E-state index contributed by atoms with van der Waals surface area (Å²) in [5.74, 6) is 0.754. The van der Waals surface area contributed by atoms with Gasteiger partial charge in [0, 0.05) is 10.2 Å². The van der Waals surface area contributed by atoms with Crippen LogP contribution in [0.4, 0.5) is 0 Å². The summed E-state index contributed by atoms with van der Waals surface area (Å²) >= 11 is 7.51. The fraction of sp³-hybridized carbons (Fsp3) is 0.455. The first-order chi connectivity index (χ1) is 7.34. The van der Waals surface area contributed by atoms with E-state index in [1.165, 1.54) is 0 Å². The van der Waals surface area contributed by atoms with Gasteiger partial charge in [-0.15, -0.1) is 0 Å². The second-order valence-electron chi connectivity index (χ2n) is 2.98. The number of rotatable bonds is 7. The molecule has 0 saturated heterocycles. The molecule has 0 aliphatic carbocycles. The van der Waals surface area contributed by atoms with Crippen LogP contribution in [0.5, 0.6) is 0 Å². The molecule has 0 aliphatic rings. The van der Waals surface area contributed by atoms with Crippen LogP contribution < -0.4 is 0 Å². The number of benzene rings is 1. The van der Waals surface area contributed by atoms with Crippen LogP contribution in [0.2, 0.25) is 0 Å². The average Bonchev–Trinajstić information content (AvgIpc) is 2.25. The van der Waals surface area contributed by atoms with Gasteiger partial charge in [-0.2, -0.15) is 12.6 Å². The van der Waals surface area contributed by atoms with Gasteiger partial charge in [-0.05, 0) is 11.6 Å². The monoisotopic (exact) mass is 290 g/mol. The number of hydrogen-bond acceptors (Lipinski definition) is 3. The Kier molecular flexibility index (Phi) is 7.09. The van der Waals surface area contributed by atoms with Gasteiger partial charge < -0.3 is 9.47 Å². The molecule has 2 nitrogen and oxygen atoms in total. The molecule has 4 heteroatoms. The zero-order valence-corrected chi connectivity index (χ0v) is 11.0. The average molecular weight is 291 g/mol. The largest absolute Gasteiger partial charge is 0.378 e. The lowest BCUT2D eigenvalue weighted by Crippen LogP contribution is -2.06. The van der Waals surface area contributed by atoms with E-state index < -0.39 is 0 Å². The molecule has 84 valence electrons. The van der Waals surface area contributed by atoms with E-state index in [0.29, 0.717) is 26.4 Å². The molecule has 1 aromatic carbocycles. The Morgan fingerprint density at radius 3 is 2.53 bits per heavy atom. The molecule has 0 atom stereocenters. The van der Waals surface area contributed by atoms with E-state index in [9.17, 15) is 0 Å². The SMILES string of the molecule is SCCOCCOCc1ccccc1Br. The highest BCUT2D eigenvalue weighted by Crippen LogP contribution is 2.16. The number of halogens is 1. The first kappa shape index (κ1) is 13.0. The summed E-state index contributed by atoms with van der Waals surface area (Å²) in [6, 6.07) is 8.04. The van der Waals surface area contributed by atoms with Gasteiger partial charge in [-0.1, -0.05) is 34.1 Å². The zero-order chi connectivity index (χ0) is 10.9. The van der Waals surface area contributed by atoms with E-state index in [1.54, 1.807) is 0 Å². The predicted octanol–water partition coefficient (Wildman–Crippen LogP) is 2.91. The van der Waals surface area contributed by atoms with Gasteiger partial charge >= 0.3 is 0 Å². The Morgan fingerprint density at radius 1 is 1.07 bits per heavy atom. The lowest BCUT2D eigenvalue weighted by molar-refractivity contribution is 0.0460. The van der Waals surface area contributed by atoms with Gasteiger partial charge in [-0.25, -0.2) is 0 Å². The molecule has 0 saturated carbocycles. The van der Waals surface area contributed by atoms with E-state index in [4.69, 9.17) is 9.47 Å². The van der Waals surface area contributed by atoms with Crippen LogP contribution in [0.25, 0.3) is 0 Å². The van der Waals surface area contributed by atoms with Gasteiger partial charge in [0.05, 0.1) is 26.4 Å². The topological polar surface area (TPSA) is 18.5 Å². The first-order valence-corrected chi connectivity index (χ1v) is 6.27. The van der Waals surface area contributed by atoms with Crippen molar-refractivity contribution in [2.24, 2.45) is 0 Å². The number of ether oxygens (including phenoxy) is 2. The van der Waals surface area contributed by atoms with Crippen LogP contribution in [0.1, 0.15) is 5.56 Å². The molecule has 0 fully saturated rings. The van der Waals surface area contributed by atoms with Gasteiger partial charge in [0.25, 0.3) is 0 Å². The number of thiol groups is 1. The van der Waals surface area contributed by atoms with Crippen molar-refractivity contribution in [3.05, 3.63) is 34.3 Å². The molecule has 0 radical (unpaired) electrons. The Labute approximate surface area is 105 Å². The van der Waals surface area contributed by atoms with Crippen LogP contribution in [-0.4, -0.2) is 25.6 Å². The van der Waals surface area contributed by atoms with Crippen LogP contribution >= 0.6 is 28.6 Å². The molecule has 0 heterocycles. The minimum absolute atomic E-state index is 0.617. The highest BCUT2D eigenvalue weighted by atomic mass is 79.9. The standard InChI is InChI=1S/C11H15BrO2S/c12-11-4-2-1-3-10(11)9-14-6-5-13-7-8-15/h1-4,15H,5-9H2. The highest BCUT2D eigenvalue weighted by molar-refractivity contribution is 9.10. The molecule has 0 aromatic heterocycles. The highest BCUT2D eigenvalue weighted by Gasteiger charge is 1.97. The molecule has 0 bridgehead atoms. The van der Waals surface area contributed by atoms with Crippen LogP contribution in [0.3, 0.4) is 0 Å². The molecular formula is C11H15BrO2S. The molecular weight excluding hydrogens is 276 g/mol. The number of hydrogen-bond donors (Lipinski definition) is 1. The molecule has 15 heavy (non-hydrogen) atoms. The summed E-state index contributed by atoms with van der Waals surface area (Å²) in [5.41, 5.74) is 1.16. The van der Waals surface area contributed by atoms with Crippen molar-refractivity contribution < 1.29 is 9.47 Å². The molecule has 0 unspecified atom stereocenters. The summed E-state index contributed by atoms with van der Waals surface area (Å²) in [7, 11) is 0. The van der Waals surface area contributed by atoms with Crippen molar-refractivity contribution in [3.63, 3.8) is 0 Å². The van der Waals surface area contributed by atoms with Crippen LogP contribution in [-0.2, 0) is 16.1 Å². The smallest absolute Gasteiger partial charge is 0.0728 e. The van der Waals surface area contributed by atoms with E-state index in [0.717, 1.165) is 15.8 Å². The fourth-order valence-electron chi connectivity index (χ4n) is 1.08. The molecule has 1 rings (SSSR count). The first-order valence-electron chi connectivity index (χ1n) is 4.84. The van der Waals surface area contributed by atoms with Crippen molar-refractivity contribution in [2.75, 3.05) is 25.6 Å². The van der Waals surface area contributed by atoms with Gasteiger partial charge in [0.2, 0.25) is 0 Å². The second-order valence-corrected chi connectivity index (χ2v) is 4.28. The Hall–Kier alpha value is -0.0300. The Balaban J connectivity index is 2.12. The Bertz CT molecular complexity index is 281. The minimum atomic E-state index is 0.617.